The highest BCUT2D eigenvalue weighted by Crippen LogP contribution is 2.30. The lowest BCUT2D eigenvalue weighted by molar-refractivity contribution is -0.130. The molecule has 1 aliphatic rings. The largest absolute Gasteiger partial charge is 0.444 e. The van der Waals surface area contributed by atoms with Gasteiger partial charge >= 0.3 is 6.09 Å². The van der Waals surface area contributed by atoms with Crippen LogP contribution in [0, 0.1) is 25.7 Å². The van der Waals surface area contributed by atoms with Crippen molar-refractivity contribution in [3.8, 4) is 22.5 Å². The van der Waals surface area contributed by atoms with Gasteiger partial charge in [0.25, 0.3) is 5.91 Å². The van der Waals surface area contributed by atoms with Crippen molar-refractivity contribution in [1.29, 1.82) is 0 Å². The minimum Gasteiger partial charge on any atom is -0.444 e. The molecule has 13 nitrogen and oxygen atoms in total. The van der Waals surface area contributed by atoms with Crippen LogP contribution in [-0.2, 0) is 20.7 Å². The van der Waals surface area contributed by atoms with Crippen molar-refractivity contribution in [2.75, 3.05) is 26.0 Å². The summed E-state index contributed by atoms with van der Waals surface area (Å²) in [5.41, 5.74) is 6.12. The number of benzene rings is 3. The van der Waals surface area contributed by atoms with Crippen LogP contribution >= 0.6 is 0 Å². The Morgan fingerprint density at radius 2 is 1.57 bits per heavy atom. The summed E-state index contributed by atoms with van der Waals surface area (Å²) in [6, 6.07) is 18.1. The third-order valence-electron chi connectivity index (χ3n) is 9.45. The SMILES string of the molecule is Cc1cc(C)c(-c2ccc(CC(NC(=O)C3CCC(CNC(=O)OC(C)(C)C)CC3)C(=O)Nc3ccc(-c4nn[nH]n4)cc3)cc2)cc1C(=O)N(C)C. The fourth-order valence-electron chi connectivity index (χ4n) is 6.58. The predicted molar refractivity (Wildman–Crippen MR) is 203 cm³/mol. The molecule has 4 amide bonds. The summed E-state index contributed by atoms with van der Waals surface area (Å²) in [5, 5.41) is 22.9. The molecular weight excluding hydrogens is 672 g/mol. The van der Waals surface area contributed by atoms with Crippen molar-refractivity contribution in [2.24, 2.45) is 11.8 Å². The molecule has 53 heavy (non-hydrogen) atoms. The molecule has 0 radical (unpaired) electrons. The first-order chi connectivity index (χ1) is 25.2. The number of alkyl carbamates (subject to hydrolysis) is 1. The molecule has 1 aliphatic carbocycles. The van der Waals surface area contributed by atoms with Gasteiger partial charge in [0, 0.05) is 49.8 Å². The van der Waals surface area contributed by atoms with E-state index >= 15 is 0 Å². The van der Waals surface area contributed by atoms with Gasteiger partial charge in [-0.15, -0.1) is 10.2 Å². The minimum absolute atomic E-state index is 0.0552. The van der Waals surface area contributed by atoms with Crippen LogP contribution < -0.4 is 16.0 Å². The molecule has 3 aromatic carbocycles. The van der Waals surface area contributed by atoms with E-state index < -0.39 is 17.7 Å². The van der Waals surface area contributed by atoms with E-state index in [4.69, 9.17) is 4.74 Å². The number of H-pyrrole nitrogens is 1. The van der Waals surface area contributed by atoms with Crippen LogP contribution in [0.3, 0.4) is 0 Å². The number of carbonyl (C=O) groups is 4. The second-order valence-corrected chi connectivity index (χ2v) is 15.0. The summed E-state index contributed by atoms with van der Waals surface area (Å²) >= 11 is 0. The van der Waals surface area contributed by atoms with Gasteiger partial charge in [0.15, 0.2) is 0 Å². The number of tetrazole rings is 1. The highest BCUT2D eigenvalue weighted by Gasteiger charge is 2.30. The van der Waals surface area contributed by atoms with Gasteiger partial charge in [0.2, 0.25) is 17.6 Å². The zero-order valence-corrected chi connectivity index (χ0v) is 31.6. The van der Waals surface area contributed by atoms with Gasteiger partial charge in [0.05, 0.1) is 0 Å². The molecule has 1 atom stereocenters. The molecule has 1 heterocycles. The second-order valence-electron chi connectivity index (χ2n) is 15.0. The predicted octanol–water partition coefficient (Wildman–Crippen LogP) is 5.85. The number of aromatic amines is 1. The lowest BCUT2D eigenvalue weighted by Gasteiger charge is -2.29. The smallest absolute Gasteiger partial charge is 0.407 e. The number of carbonyl (C=O) groups excluding carboxylic acids is 4. The van der Waals surface area contributed by atoms with Gasteiger partial charge in [-0.05, 0) is 130 Å². The number of amides is 4. The molecule has 0 spiro atoms. The van der Waals surface area contributed by atoms with Crippen molar-refractivity contribution in [3.63, 3.8) is 0 Å². The molecule has 1 fully saturated rings. The number of ether oxygens (including phenoxy) is 1. The van der Waals surface area contributed by atoms with Crippen LogP contribution in [0.15, 0.2) is 60.7 Å². The molecule has 280 valence electrons. The molecule has 4 aromatic rings. The summed E-state index contributed by atoms with van der Waals surface area (Å²) in [5.74, 6) is -0.127. The van der Waals surface area contributed by atoms with Crippen LogP contribution in [0.4, 0.5) is 10.5 Å². The fraction of sp³-hybridized carbons (Fsp3) is 0.425. The van der Waals surface area contributed by atoms with Gasteiger partial charge in [-0.2, -0.15) is 5.21 Å². The number of hydrogen-bond donors (Lipinski definition) is 4. The maximum absolute atomic E-state index is 13.8. The Balaban J connectivity index is 1.28. The average Bonchev–Trinajstić information content (AvgIpc) is 3.66. The average molecular weight is 723 g/mol. The number of rotatable bonds is 11. The molecule has 0 bridgehead atoms. The number of hydrogen-bond acceptors (Lipinski definition) is 8. The highest BCUT2D eigenvalue weighted by atomic mass is 16.6. The Kier molecular flexibility index (Phi) is 12.3. The molecular formula is C40H50N8O5. The maximum atomic E-state index is 13.8. The van der Waals surface area contributed by atoms with Gasteiger partial charge in [-0.25, -0.2) is 4.79 Å². The van der Waals surface area contributed by atoms with Crippen LogP contribution in [0.2, 0.25) is 0 Å². The van der Waals surface area contributed by atoms with E-state index in [2.05, 4.69) is 36.6 Å². The first-order valence-electron chi connectivity index (χ1n) is 18.0. The number of aromatic nitrogens is 4. The van der Waals surface area contributed by atoms with E-state index in [9.17, 15) is 19.2 Å². The number of nitrogens with one attached hydrogen (secondary N) is 4. The standard InChI is InChI=1S/C40H50N8O5/c1-24-20-25(2)33(38(51)48(6)7)22-32(24)28-12-8-26(9-13-28)21-34(37(50)42-31-18-16-29(17-19-31)35-44-46-47-45-35)43-36(49)30-14-10-27(11-15-30)23-41-39(52)53-40(3,4)5/h8-9,12-13,16-20,22,27,30,34H,10-11,14-15,21,23H2,1-7H3,(H,41,52)(H,42,50)(H,43,49)(H,44,45,46,47). The van der Waals surface area contributed by atoms with Gasteiger partial charge < -0.3 is 25.6 Å². The Morgan fingerprint density at radius 1 is 0.906 bits per heavy atom. The lowest BCUT2D eigenvalue weighted by atomic mass is 9.81. The summed E-state index contributed by atoms with van der Waals surface area (Å²) < 4.78 is 5.35. The molecule has 1 unspecified atom stereocenters. The third-order valence-corrected chi connectivity index (χ3v) is 9.45. The fourth-order valence-corrected chi connectivity index (χ4v) is 6.58. The van der Waals surface area contributed by atoms with E-state index in [1.807, 2.05) is 71.0 Å². The zero-order chi connectivity index (χ0) is 38.3. The third kappa shape index (κ3) is 10.5. The monoisotopic (exact) mass is 722 g/mol. The van der Waals surface area contributed by atoms with Crippen molar-refractivity contribution < 1.29 is 23.9 Å². The molecule has 0 saturated heterocycles. The zero-order valence-electron chi connectivity index (χ0n) is 31.6. The quantitative estimate of drug-likeness (QED) is 0.149. The van der Waals surface area contributed by atoms with E-state index in [1.165, 1.54) is 0 Å². The molecule has 5 rings (SSSR count). The van der Waals surface area contributed by atoms with Crippen molar-refractivity contribution in [3.05, 3.63) is 82.9 Å². The molecule has 1 aromatic heterocycles. The first kappa shape index (κ1) is 38.6. The van der Waals surface area contributed by atoms with Gasteiger partial charge in [-0.3, -0.25) is 14.4 Å². The van der Waals surface area contributed by atoms with Gasteiger partial charge in [0.1, 0.15) is 11.6 Å². The minimum atomic E-state index is -0.845. The van der Waals surface area contributed by atoms with Gasteiger partial charge in [-0.1, -0.05) is 30.3 Å². The Morgan fingerprint density at radius 3 is 2.17 bits per heavy atom. The van der Waals surface area contributed by atoms with Crippen LogP contribution in [0.5, 0.6) is 0 Å². The van der Waals surface area contributed by atoms with E-state index in [-0.39, 0.29) is 36.0 Å². The summed E-state index contributed by atoms with van der Waals surface area (Å²) in [7, 11) is 3.48. The van der Waals surface area contributed by atoms with Crippen LogP contribution in [0.1, 0.15) is 73.5 Å². The molecule has 4 N–H and O–H groups in total. The first-order valence-corrected chi connectivity index (χ1v) is 18.0. The lowest BCUT2D eigenvalue weighted by Crippen LogP contribution is -2.48. The van der Waals surface area contributed by atoms with Crippen molar-refractivity contribution in [1.82, 2.24) is 36.2 Å². The van der Waals surface area contributed by atoms with Crippen LogP contribution in [0.25, 0.3) is 22.5 Å². The number of aryl methyl sites for hydroxylation is 2. The van der Waals surface area contributed by atoms with E-state index in [0.29, 0.717) is 36.5 Å². The normalized spacial score (nSPS) is 16.3. The van der Waals surface area contributed by atoms with Crippen molar-refractivity contribution in [2.45, 2.75) is 78.4 Å². The summed E-state index contributed by atoms with van der Waals surface area (Å²) in [6.45, 7) is 9.93. The maximum Gasteiger partial charge on any atom is 0.407 e. The van der Waals surface area contributed by atoms with E-state index in [0.717, 1.165) is 46.2 Å². The summed E-state index contributed by atoms with van der Waals surface area (Å²) in [4.78, 5) is 54.0. The Bertz CT molecular complexity index is 1890. The topological polar surface area (TPSA) is 171 Å². The Hall–Kier alpha value is -5.59. The molecule has 1 saturated carbocycles. The second kappa shape index (κ2) is 16.8. The molecule has 0 aliphatic heterocycles. The number of anilines is 1. The molecule has 13 heteroatoms. The van der Waals surface area contributed by atoms with E-state index in [1.54, 1.807) is 43.3 Å². The highest BCUT2D eigenvalue weighted by molar-refractivity contribution is 5.98. The van der Waals surface area contributed by atoms with Crippen molar-refractivity contribution >= 4 is 29.5 Å². The summed E-state index contributed by atoms with van der Waals surface area (Å²) in [6.07, 6.45) is 2.69. The number of nitrogens with zero attached hydrogens (tertiary/aromatic N) is 4. The Labute approximate surface area is 310 Å². The van der Waals surface area contributed by atoms with Crippen LogP contribution in [-0.4, -0.2) is 81.6 Å².